The van der Waals surface area contributed by atoms with E-state index < -0.39 is 52.8 Å². The molecule has 0 saturated heterocycles. The van der Waals surface area contributed by atoms with Gasteiger partial charge in [-0.3, -0.25) is 29.0 Å². The minimum absolute atomic E-state index is 0.0307. The Labute approximate surface area is 325 Å². The lowest BCUT2D eigenvalue weighted by Gasteiger charge is -2.59. The number of aliphatic hydroxyl groups excluding tert-OH is 1. The molecule has 3 fully saturated rings. The fourth-order valence-electron chi connectivity index (χ4n) is 10.2. The fourth-order valence-corrected chi connectivity index (χ4v) is 10.2. The maximum atomic E-state index is 13.6. The average Bonchev–Trinajstić information content (AvgIpc) is 3.46. The summed E-state index contributed by atoms with van der Waals surface area (Å²) in [4.78, 5) is 68.0. The number of nitrogens with two attached hydrogens (primary N) is 1. The monoisotopic (exact) mass is 763 g/mol. The number of rotatable bonds is 12. The Hall–Kier alpha value is -5.04. The maximum Gasteiger partial charge on any atom is 0.306 e. The number of benzene rings is 2. The SMILES string of the molecule is C[C@]12C=CC(=O)C=C1CC[C@@H]1[C@@H]2C(O)C[C@@]2(C)[C@H]1CC[C@]2(O)C(=O)COC(=O)CCC(=O)OCc1ccc([C@@H](CN)C(=O)Nc2ccc3cnccc3c2)cc1. The molecular formula is C44H49N3O9. The minimum Gasteiger partial charge on any atom is -0.461 e. The van der Waals surface area contributed by atoms with Gasteiger partial charge in [-0.1, -0.05) is 55.8 Å². The zero-order valence-corrected chi connectivity index (χ0v) is 31.7. The molecule has 3 aromatic rings. The molecule has 294 valence electrons. The first kappa shape index (κ1) is 39.2. The Balaban J connectivity index is 0.865. The summed E-state index contributed by atoms with van der Waals surface area (Å²) in [5.41, 5.74) is 5.86. The van der Waals surface area contributed by atoms with Gasteiger partial charge in [-0.2, -0.15) is 0 Å². The lowest BCUT2D eigenvalue weighted by atomic mass is 9.46. The summed E-state index contributed by atoms with van der Waals surface area (Å²) in [6.45, 7) is 3.33. The Bertz CT molecular complexity index is 2110. The van der Waals surface area contributed by atoms with E-state index in [1.165, 1.54) is 0 Å². The number of fused-ring (bicyclic) bond motifs is 6. The molecule has 4 aliphatic carbocycles. The second kappa shape index (κ2) is 15.5. The van der Waals surface area contributed by atoms with Gasteiger partial charge in [0.25, 0.3) is 0 Å². The van der Waals surface area contributed by atoms with Crippen molar-refractivity contribution in [1.82, 2.24) is 4.98 Å². The summed E-state index contributed by atoms with van der Waals surface area (Å²) in [5.74, 6) is -3.03. The number of pyridine rings is 1. The van der Waals surface area contributed by atoms with Crippen molar-refractivity contribution >= 4 is 45.9 Å². The van der Waals surface area contributed by atoms with Gasteiger partial charge in [-0.25, -0.2) is 0 Å². The number of Topliss-reactive ketones (excluding diaryl/α,β-unsaturated/α-hetero) is 1. The van der Waals surface area contributed by atoms with Crippen LogP contribution in [0.25, 0.3) is 10.8 Å². The Kier molecular flexibility index (Phi) is 10.8. The summed E-state index contributed by atoms with van der Waals surface area (Å²) < 4.78 is 10.6. The molecule has 12 heteroatoms. The largest absolute Gasteiger partial charge is 0.461 e. The van der Waals surface area contributed by atoms with E-state index in [-0.39, 0.29) is 68.3 Å². The number of amides is 1. The van der Waals surface area contributed by atoms with Crippen molar-refractivity contribution in [2.45, 2.75) is 83.0 Å². The summed E-state index contributed by atoms with van der Waals surface area (Å²) in [6.07, 6.45) is 9.73. The third kappa shape index (κ3) is 7.21. The van der Waals surface area contributed by atoms with E-state index in [1.54, 1.807) is 48.8 Å². The number of aromatic nitrogens is 1. The number of ketones is 2. The molecular weight excluding hydrogens is 714 g/mol. The molecule has 2 aromatic carbocycles. The summed E-state index contributed by atoms with van der Waals surface area (Å²) in [6, 6.07) is 14.4. The van der Waals surface area contributed by atoms with Crippen LogP contribution in [0.5, 0.6) is 0 Å². The molecule has 7 rings (SSSR count). The van der Waals surface area contributed by atoms with Crippen molar-refractivity contribution in [3.63, 3.8) is 0 Å². The topological polar surface area (TPSA) is 195 Å². The quantitative estimate of drug-likeness (QED) is 0.184. The lowest BCUT2D eigenvalue weighted by molar-refractivity contribution is -0.181. The molecule has 56 heavy (non-hydrogen) atoms. The molecule has 1 aromatic heterocycles. The van der Waals surface area contributed by atoms with E-state index in [4.69, 9.17) is 15.2 Å². The molecule has 1 unspecified atom stereocenters. The van der Waals surface area contributed by atoms with Gasteiger partial charge >= 0.3 is 11.9 Å². The minimum atomic E-state index is -1.78. The Morgan fingerprint density at radius 3 is 2.50 bits per heavy atom. The number of aliphatic hydroxyl groups is 2. The van der Waals surface area contributed by atoms with Gasteiger partial charge in [0.1, 0.15) is 12.2 Å². The van der Waals surface area contributed by atoms with Crippen LogP contribution in [-0.2, 0) is 40.1 Å². The van der Waals surface area contributed by atoms with Crippen molar-refractivity contribution in [3.8, 4) is 0 Å². The van der Waals surface area contributed by atoms with Crippen LogP contribution in [0.4, 0.5) is 5.69 Å². The van der Waals surface area contributed by atoms with Gasteiger partial charge in [-0.15, -0.1) is 0 Å². The highest BCUT2D eigenvalue weighted by molar-refractivity contribution is 6.01. The summed E-state index contributed by atoms with van der Waals surface area (Å²) >= 11 is 0. The first-order valence-electron chi connectivity index (χ1n) is 19.4. The molecule has 0 bridgehead atoms. The summed E-state index contributed by atoms with van der Waals surface area (Å²) in [5, 5.41) is 28.3. The van der Waals surface area contributed by atoms with E-state index in [2.05, 4.69) is 17.2 Å². The van der Waals surface area contributed by atoms with E-state index in [1.807, 2.05) is 37.3 Å². The lowest BCUT2D eigenvalue weighted by Crippen LogP contribution is -2.61. The molecule has 0 radical (unpaired) electrons. The highest BCUT2D eigenvalue weighted by Crippen LogP contribution is 2.67. The second-order valence-electron chi connectivity index (χ2n) is 16.3. The molecule has 8 atom stereocenters. The van der Waals surface area contributed by atoms with E-state index in [9.17, 15) is 34.2 Å². The number of nitrogens with zero attached hydrogens (tertiary/aromatic N) is 1. The van der Waals surface area contributed by atoms with Crippen molar-refractivity contribution < 1.29 is 43.7 Å². The van der Waals surface area contributed by atoms with E-state index in [0.29, 0.717) is 29.7 Å². The van der Waals surface area contributed by atoms with Crippen LogP contribution < -0.4 is 11.1 Å². The van der Waals surface area contributed by atoms with Crippen LogP contribution in [0, 0.1) is 28.6 Å². The molecule has 4 aliphatic rings. The van der Waals surface area contributed by atoms with Gasteiger partial charge in [-0.05, 0) is 90.8 Å². The predicted octanol–water partition coefficient (Wildman–Crippen LogP) is 4.86. The van der Waals surface area contributed by atoms with Crippen LogP contribution in [0.15, 0.2) is 84.7 Å². The number of ether oxygens (including phenoxy) is 2. The van der Waals surface area contributed by atoms with E-state index >= 15 is 0 Å². The second-order valence-corrected chi connectivity index (χ2v) is 16.3. The van der Waals surface area contributed by atoms with Crippen molar-refractivity contribution in [2.75, 3.05) is 18.5 Å². The number of hydrogen-bond donors (Lipinski definition) is 4. The first-order chi connectivity index (χ1) is 26.8. The maximum absolute atomic E-state index is 13.6. The third-order valence-electron chi connectivity index (χ3n) is 13.2. The van der Waals surface area contributed by atoms with Crippen LogP contribution >= 0.6 is 0 Å². The van der Waals surface area contributed by atoms with Crippen molar-refractivity contribution in [2.24, 2.45) is 34.3 Å². The Morgan fingerprint density at radius 1 is 1.00 bits per heavy atom. The normalized spacial score (nSPS) is 29.7. The summed E-state index contributed by atoms with van der Waals surface area (Å²) in [7, 11) is 0. The highest BCUT2D eigenvalue weighted by atomic mass is 16.5. The molecule has 12 nitrogen and oxygen atoms in total. The first-order valence-corrected chi connectivity index (χ1v) is 19.4. The number of anilines is 1. The standard InChI is InChI=1S/C44H49N3O9/c1-42-16-13-32(48)20-30(42)8-10-33-35-14-17-44(54,43(35,2)21-36(49)40(33)42)37(50)25-56-39(52)12-11-38(51)55-24-26-3-5-27(6-4-26)34(22-45)41(53)47-31-9-7-29-23-46-18-15-28(29)19-31/h3-7,9,13,15-16,18-20,23,33-36,40,49,54H,8,10-12,14,17,21-22,24-25,45H2,1-2H3,(H,47,53)/t33-,34+,35-,36?,40+,42-,43-,44-/m0/s1. The van der Waals surface area contributed by atoms with Crippen LogP contribution in [0.2, 0.25) is 0 Å². The number of nitrogens with one attached hydrogen (secondary N) is 1. The zero-order chi connectivity index (χ0) is 39.8. The molecule has 1 heterocycles. The van der Waals surface area contributed by atoms with Gasteiger partial charge < -0.3 is 30.7 Å². The van der Waals surface area contributed by atoms with Crippen LogP contribution in [0.3, 0.4) is 0 Å². The predicted molar refractivity (Wildman–Crippen MR) is 207 cm³/mol. The van der Waals surface area contributed by atoms with Gasteiger partial charge in [0, 0.05) is 46.8 Å². The molecule has 5 N–H and O–H groups in total. The number of allylic oxidation sites excluding steroid dienone is 4. The number of carbonyl (C=O) groups is 5. The number of esters is 2. The van der Waals surface area contributed by atoms with Crippen molar-refractivity contribution in [3.05, 3.63) is 95.9 Å². The smallest absolute Gasteiger partial charge is 0.306 e. The van der Waals surface area contributed by atoms with Crippen LogP contribution in [0.1, 0.15) is 75.8 Å². The zero-order valence-electron chi connectivity index (χ0n) is 31.7. The van der Waals surface area contributed by atoms with Crippen LogP contribution in [-0.4, -0.2) is 69.5 Å². The molecule has 3 saturated carbocycles. The highest BCUT2D eigenvalue weighted by Gasteiger charge is 2.68. The van der Waals surface area contributed by atoms with Gasteiger partial charge in [0.05, 0.1) is 24.9 Å². The number of hydrogen-bond acceptors (Lipinski definition) is 11. The Morgan fingerprint density at radius 2 is 1.75 bits per heavy atom. The molecule has 0 spiro atoms. The average molecular weight is 764 g/mol. The van der Waals surface area contributed by atoms with Gasteiger partial charge in [0.2, 0.25) is 11.7 Å². The fraction of sp³-hybridized carbons (Fsp3) is 0.455. The third-order valence-corrected chi connectivity index (χ3v) is 13.2. The molecule has 0 aliphatic heterocycles. The molecule has 1 amide bonds. The van der Waals surface area contributed by atoms with Gasteiger partial charge in [0.15, 0.2) is 12.4 Å². The number of carbonyl (C=O) groups excluding carboxylic acids is 5. The van der Waals surface area contributed by atoms with E-state index in [0.717, 1.165) is 22.8 Å². The van der Waals surface area contributed by atoms with Crippen molar-refractivity contribution in [1.29, 1.82) is 0 Å².